The van der Waals surface area contributed by atoms with Gasteiger partial charge in [0.05, 0.1) is 22.4 Å². The number of hydrazine groups is 1. The summed E-state index contributed by atoms with van der Waals surface area (Å²) in [6.07, 6.45) is 4.13. The molecule has 0 saturated heterocycles. The second kappa shape index (κ2) is 8.88. The molecule has 5 aromatic rings. The first-order valence-corrected chi connectivity index (χ1v) is 12.9. The van der Waals surface area contributed by atoms with Crippen LogP contribution in [0.2, 0.25) is 0 Å². The molecule has 3 aromatic heterocycles. The van der Waals surface area contributed by atoms with Gasteiger partial charge in [-0.3, -0.25) is 9.89 Å². The lowest BCUT2D eigenvalue weighted by Crippen LogP contribution is -2.27. The van der Waals surface area contributed by atoms with Crippen molar-refractivity contribution < 1.29 is 9.90 Å². The molecule has 9 heteroatoms. The Hall–Kier alpha value is -3.92. The van der Waals surface area contributed by atoms with Crippen molar-refractivity contribution in [3.8, 4) is 10.4 Å². The summed E-state index contributed by atoms with van der Waals surface area (Å²) < 4.78 is 0. The third kappa shape index (κ3) is 4.42. The lowest BCUT2D eigenvalue weighted by Gasteiger charge is -2.20. The number of H-pyrrole nitrogens is 2. The molecule has 0 aliphatic carbocycles. The summed E-state index contributed by atoms with van der Waals surface area (Å²) in [5.41, 5.74) is 12.0. The second-order valence-electron chi connectivity index (χ2n) is 10.1. The highest BCUT2D eigenvalue weighted by molar-refractivity contribution is 7.16. The minimum atomic E-state index is -0.926. The Morgan fingerprint density at radius 3 is 2.70 bits per heavy atom. The Bertz CT molecular complexity index is 1580. The van der Waals surface area contributed by atoms with E-state index in [0.29, 0.717) is 12.0 Å². The van der Waals surface area contributed by atoms with Crippen molar-refractivity contribution in [2.24, 2.45) is 0 Å². The minimum absolute atomic E-state index is 0.0748. The van der Waals surface area contributed by atoms with Gasteiger partial charge in [-0.1, -0.05) is 18.2 Å². The summed E-state index contributed by atoms with van der Waals surface area (Å²) in [6.45, 7) is 3.57. The highest BCUT2D eigenvalue weighted by atomic mass is 32.1. The predicted octanol–water partition coefficient (Wildman–Crippen LogP) is 5.23. The fraction of sp³-hybridized carbons (Fsp3) is 0.214. The van der Waals surface area contributed by atoms with Crippen LogP contribution in [-0.2, 0) is 6.42 Å². The van der Waals surface area contributed by atoms with Gasteiger partial charge < -0.3 is 20.4 Å². The van der Waals surface area contributed by atoms with E-state index in [0.717, 1.165) is 44.0 Å². The normalized spacial score (nSPS) is 15.1. The highest BCUT2D eigenvalue weighted by Gasteiger charge is 2.29. The number of fused-ring (bicyclic) bond motifs is 2. The number of aliphatic hydroxyl groups is 1. The van der Waals surface area contributed by atoms with Gasteiger partial charge in [0.25, 0.3) is 5.91 Å². The van der Waals surface area contributed by atoms with Gasteiger partial charge in [-0.2, -0.15) is 5.10 Å². The maximum absolute atomic E-state index is 13.5. The molecule has 4 heterocycles. The second-order valence-corrected chi connectivity index (χ2v) is 11.2. The van der Waals surface area contributed by atoms with Crippen molar-refractivity contribution in [2.45, 2.75) is 31.9 Å². The smallest absolute Gasteiger partial charge is 0.258 e. The Morgan fingerprint density at radius 2 is 1.97 bits per heavy atom. The van der Waals surface area contributed by atoms with E-state index in [1.165, 1.54) is 4.88 Å². The fourth-order valence-corrected chi connectivity index (χ4v) is 6.03. The molecule has 188 valence electrons. The zero-order valence-corrected chi connectivity index (χ0v) is 21.6. The molecule has 1 atom stereocenters. The topological polar surface area (TPSA) is 109 Å². The number of aromatic amines is 2. The van der Waals surface area contributed by atoms with Gasteiger partial charge in [-0.05, 0) is 55.8 Å². The first kappa shape index (κ1) is 23.5. The zero-order chi connectivity index (χ0) is 25.7. The monoisotopic (exact) mass is 512 g/mol. The Balaban J connectivity index is 1.40. The van der Waals surface area contributed by atoms with E-state index >= 15 is 0 Å². The Labute approximate surface area is 218 Å². The van der Waals surface area contributed by atoms with Crippen LogP contribution in [-0.4, -0.2) is 38.8 Å². The SMILES string of the molecule is CN(C(=O)c1cc(CC(C)(C)O)c2cc(C3NNc4cc(-c5cn[nH]c5)sc43)[nH]c2c1)c1ccccc1. The number of carbonyl (C=O) groups is 1. The number of nitrogens with one attached hydrogen (secondary N) is 4. The maximum Gasteiger partial charge on any atom is 0.258 e. The van der Waals surface area contributed by atoms with Crippen molar-refractivity contribution in [1.29, 1.82) is 0 Å². The van der Waals surface area contributed by atoms with Gasteiger partial charge in [-0.25, -0.2) is 5.43 Å². The van der Waals surface area contributed by atoms with Crippen molar-refractivity contribution >= 4 is 39.5 Å². The van der Waals surface area contributed by atoms with E-state index in [1.807, 2.05) is 54.9 Å². The molecule has 0 fully saturated rings. The predicted molar refractivity (Wildman–Crippen MR) is 148 cm³/mol. The van der Waals surface area contributed by atoms with Crippen LogP contribution in [0.3, 0.4) is 0 Å². The molecule has 0 radical (unpaired) electrons. The average Bonchev–Trinajstić information content (AvgIpc) is 3.65. The van der Waals surface area contributed by atoms with Crippen LogP contribution < -0.4 is 15.8 Å². The number of para-hydroxylation sites is 1. The van der Waals surface area contributed by atoms with Gasteiger partial charge in [0.1, 0.15) is 6.04 Å². The number of nitrogens with zero attached hydrogens (tertiary/aromatic N) is 2. The molecule has 1 unspecified atom stereocenters. The number of anilines is 2. The van der Waals surface area contributed by atoms with Crippen molar-refractivity contribution in [3.05, 3.63) is 88.7 Å². The fourth-order valence-electron chi connectivity index (χ4n) is 4.87. The van der Waals surface area contributed by atoms with E-state index in [4.69, 9.17) is 0 Å². The third-order valence-electron chi connectivity index (χ3n) is 6.63. The molecule has 5 N–H and O–H groups in total. The molecule has 37 heavy (non-hydrogen) atoms. The molecule has 1 amide bonds. The Kier molecular flexibility index (Phi) is 5.63. The Morgan fingerprint density at radius 1 is 1.16 bits per heavy atom. The molecular weight excluding hydrogens is 484 g/mol. The van der Waals surface area contributed by atoms with E-state index in [9.17, 15) is 9.90 Å². The maximum atomic E-state index is 13.5. The quantitative estimate of drug-likeness (QED) is 0.214. The summed E-state index contributed by atoms with van der Waals surface area (Å²) in [4.78, 5) is 21.0. The largest absolute Gasteiger partial charge is 0.390 e. The van der Waals surface area contributed by atoms with Crippen LogP contribution in [0.1, 0.15) is 46.4 Å². The first-order chi connectivity index (χ1) is 17.8. The van der Waals surface area contributed by atoms with Gasteiger partial charge >= 0.3 is 0 Å². The number of hydrogen-bond donors (Lipinski definition) is 5. The summed E-state index contributed by atoms with van der Waals surface area (Å²) >= 11 is 1.71. The molecule has 6 rings (SSSR count). The molecule has 0 bridgehead atoms. The molecule has 0 saturated carbocycles. The molecule has 8 nitrogen and oxygen atoms in total. The van der Waals surface area contributed by atoms with Gasteiger partial charge in [0.2, 0.25) is 0 Å². The van der Waals surface area contributed by atoms with Crippen molar-refractivity contribution in [3.63, 3.8) is 0 Å². The number of rotatable bonds is 6. The number of aromatic nitrogens is 3. The number of carbonyl (C=O) groups excluding carboxylic acids is 1. The van der Waals surface area contributed by atoms with Crippen LogP contribution >= 0.6 is 11.3 Å². The number of amides is 1. The van der Waals surface area contributed by atoms with Crippen LogP contribution in [0, 0.1) is 0 Å². The van der Waals surface area contributed by atoms with Crippen LogP contribution in [0.15, 0.2) is 67.0 Å². The molecule has 2 aromatic carbocycles. The van der Waals surface area contributed by atoms with Gasteiger partial charge in [0.15, 0.2) is 0 Å². The summed E-state index contributed by atoms with van der Waals surface area (Å²) in [5, 5.41) is 18.6. The van der Waals surface area contributed by atoms with E-state index in [2.05, 4.69) is 38.2 Å². The van der Waals surface area contributed by atoms with E-state index < -0.39 is 5.60 Å². The highest BCUT2D eigenvalue weighted by Crippen LogP contribution is 2.43. The lowest BCUT2D eigenvalue weighted by molar-refractivity contribution is 0.0812. The van der Waals surface area contributed by atoms with Crippen LogP contribution in [0.5, 0.6) is 0 Å². The number of benzene rings is 2. The molecule has 1 aliphatic heterocycles. The molecular formula is C28H28N6O2S. The third-order valence-corrected chi connectivity index (χ3v) is 7.88. The van der Waals surface area contributed by atoms with E-state index in [-0.39, 0.29) is 11.9 Å². The molecule has 1 aliphatic rings. The minimum Gasteiger partial charge on any atom is -0.390 e. The summed E-state index contributed by atoms with van der Waals surface area (Å²) in [7, 11) is 1.78. The number of thiophene rings is 1. The summed E-state index contributed by atoms with van der Waals surface area (Å²) in [5.74, 6) is -0.104. The summed E-state index contributed by atoms with van der Waals surface area (Å²) in [6, 6.07) is 17.6. The standard InChI is InChI=1S/C28H28N6O2S/c1-28(2,36)13-17-9-16(27(35)34(3)19-7-5-4-6-8-19)10-21-20(17)11-22(31-21)25-26-23(32-33-25)12-24(37-26)18-14-29-30-15-18/h4-12,14-15,25,31-33,36H,13H2,1-3H3,(H,29,30). The van der Waals surface area contributed by atoms with E-state index in [1.54, 1.807) is 37.1 Å². The average molecular weight is 513 g/mol. The van der Waals surface area contributed by atoms with Gasteiger partial charge in [-0.15, -0.1) is 11.3 Å². The van der Waals surface area contributed by atoms with Crippen LogP contribution in [0.4, 0.5) is 11.4 Å². The number of hydrogen-bond acceptors (Lipinski definition) is 6. The van der Waals surface area contributed by atoms with Crippen molar-refractivity contribution in [2.75, 3.05) is 17.4 Å². The first-order valence-electron chi connectivity index (χ1n) is 12.1. The van der Waals surface area contributed by atoms with Crippen molar-refractivity contribution in [1.82, 2.24) is 20.6 Å². The van der Waals surface area contributed by atoms with Gasteiger partial charge in [0, 0.05) is 58.0 Å². The lowest BCUT2D eigenvalue weighted by atomic mass is 9.94. The zero-order valence-electron chi connectivity index (χ0n) is 20.8. The van der Waals surface area contributed by atoms with Crippen LogP contribution in [0.25, 0.3) is 21.3 Å². The molecule has 0 spiro atoms.